The molecule has 2 heterocycles. The van der Waals surface area contributed by atoms with Gasteiger partial charge in [0.2, 0.25) is 5.95 Å². The molecule has 0 saturated heterocycles. The van der Waals surface area contributed by atoms with Crippen molar-refractivity contribution < 1.29 is 23.8 Å². The molecular weight excluding hydrogens is 485 g/mol. The summed E-state index contributed by atoms with van der Waals surface area (Å²) in [4.78, 5) is 22.7. The van der Waals surface area contributed by atoms with Gasteiger partial charge in [-0.05, 0) is 29.7 Å². The fraction of sp³-hybridized carbons (Fsp3) is 0.381. The fourth-order valence-electron chi connectivity index (χ4n) is 4.10. The average Bonchev–Trinajstić information content (AvgIpc) is 3.32. The van der Waals surface area contributed by atoms with Gasteiger partial charge in [0, 0.05) is 28.5 Å². The third kappa shape index (κ3) is 5.05. The number of H-pyrrole nitrogens is 1. The molecule has 5 atom stereocenters. The smallest absolute Gasteiger partial charge is 0.396 e. The average molecular weight is 509 g/mol. The molecule has 11 nitrogen and oxygen atoms in total. The maximum absolute atomic E-state index is 12.5. The van der Waals surface area contributed by atoms with E-state index in [2.05, 4.69) is 21.5 Å². The number of nitrogens with one attached hydrogen (secondary N) is 1. The van der Waals surface area contributed by atoms with E-state index in [4.69, 9.17) is 26.4 Å². The first-order chi connectivity index (χ1) is 16.3. The van der Waals surface area contributed by atoms with Gasteiger partial charge >= 0.3 is 8.25 Å². The number of aliphatic hydroxyl groups excluding tert-OH is 2. The molecule has 5 N–H and O–H groups in total. The van der Waals surface area contributed by atoms with Gasteiger partial charge < -0.3 is 20.5 Å². The lowest BCUT2D eigenvalue weighted by Crippen LogP contribution is -2.19. The lowest BCUT2D eigenvalue weighted by molar-refractivity contribution is 0.0920. The van der Waals surface area contributed by atoms with Crippen molar-refractivity contribution >= 4 is 37.0 Å². The summed E-state index contributed by atoms with van der Waals surface area (Å²) >= 11 is 6.02. The first kappa shape index (κ1) is 24.5. The van der Waals surface area contributed by atoms with Crippen LogP contribution in [0.5, 0.6) is 0 Å². The Labute approximate surface area is 200 Å². The number of benzene rings is 1. The molecule has 1 saturated carbocycles. The molecule has 1 aromatic carbocycles. The van der Waals surface area contributed by atoms with Gasteiger partial charge in [-0.3, -0.25) is 9.78 Å². The largest absolute Gasteiger partial charge is 0.698 e. The van der Waals surface area contributed by atoms with Crippen LogP contribution in [0, 0.1) is 5.92 Å². The number of aromatic nitrogens is 4. The lowest BCUT2D eigenvalue weighted by Gasteiger charge is -2.16. The third-order valence-corrected chi connectivity index (χ3v) is 6.83. The monoisotopic (exact) mass is 508 g/mol. The van der Waals surface area contributed by atoms with E-state index in [9.17, 15) is 19.6 Å². The van der Waals surface area contributed by atoms with Crippen molar-refractivity contribution in [2.75, 3.05) is 18.9 Å². The minimum absolute atomic E-state index is 0.0467. The number of hydrogen-bond acceptors (Lipinski definition) is 9. The number of aliphatic hydroxyl groups is 2. The number of imidazole rings is 1. The molecule has 1 fully saturated rings. The van der Waals surface area contributed by atoms with Crippen molar-refractivity contribution in [3.8, 4) is 0 Å². The molecule has 4 rings (SSSR count). The van der Waals surface area contributed by atoms with Gasteiger partial charge in [0.25, 0.3) is 5.56 Å². The van der Waals surface area contributed by atoms with Crippen LogP contribution < -0.4 is 11.3 Å². The molecule has 0 aliphatic heterocycles. The van der Waals surface area contributed by atoms with E-state index in [1.54, 1.807) is 28.8 Å². The van der Waals surface area contributed by atoms with E-state index >= 15 is 0 Å². The van der Waals surface area contributed by atoms with Gasteiger partial charge in [0.15, 0.2) is 11.2 Å². The van der Waals surface area contributed by atoms with E-state index in [0.717, 1.165) is 0 Å². The maximum Gasteiger partial charge on any atom is 0.698 e. The first-order valence-corrected chi connectivity index (χ1v) is 12.0. The van der Waals surface area contributed by atoms with Crippen molar-refractivity contribution in [3.05, 3.63) is 63.7 Å². The zero-order chi connectivity index (χ0) is 24.4. The summed E-state index contributed by atoms with van der Waals surface area (Å²) in [6, 6.07) is 6.44. The molecule has 2 aromatic heterocycles. The summed E-state index contributed by atoms with van der Waals surface area (Å²) < 4.78 is 25.1. The van der Waals surface area contributed by atoms with E-state index in [-0.39, 0.29) is 43.2 Å². The van der Waals surface area contributed by atoms with E-state index in [1.807, 2.05) is 0 Å². The molecule has 13 heteroatoms. The normalized spacial score (nSPS) is 21.8. The number of nitrogen functional groups attached to an aromatic ring is 1. The highest BCUT2D eigenvalue weighted by atomic mass is 35.5. The van der Waals surface area contributed by atoms with Crippen molar-refractivity contribution in [1.82, 2.24) is 19.5 Å². The molecule has 180 valence electrons. The molecule has 0 bridgehead atoms. The number of nitrogens with two attached hydrogens (primary N) is 1. The zero-order valence-electron chi connectivity index (χ0n) is 18.0. The Balaban J connectivity index is 1.43. The Hall–Kier alpha value is -2.66. The molecule has 34 heavy (non-hydrogen) atoms. The quantitative estimate of drug-likeness (QED) is 0.251. The molecular formula is C21H24ClN5O6P+. The molecule has 0 spiro atoms. The van der Waals surface area contributed by atoms with Crippen LogP contribution in [0.15, 0.2) is 47.5 Å². The number of nitrogens with zero attached hydrogens (tertiary/aromatic N) is 3. The summed E-state index contributed by atoms with van der Waals surface area (Å²) in [5.41, 5.74) is 6.88. The van der Waals surface area contributed by atoms with Crippen molar-refractivity contribution in [3.63, 3.8) is 0 Å². The maximum atomic E-state index is 12.5. The topological polar surface area (TPSA) is 166 Å². The third-order valence-electron chi connectivity index (χ3n) is 5.80. The zero-order valence-corrected chi connectivity index (χ0v) is 19.7. The predicted octanol–water partition coefficient (Wildman–Crippen LogP) is 2.65. The minimum Gasteiger partial charge on any atom is -0.396 e. The molecule has 0 amide bonds. The SMILES string of the molecule is C=C1[C@H](CO[P+](=O)O[C@H](CCO)c2cccc(Cl)c2)[C@@H](O)C[C@@H]1n1cnc2c(=O)[nH]c(N)nc21. The number of anilines is 1. The Kier molecular flexibility index (Phi) is 7.42. The second-order valence-corrected chi connectivity index (χ2v) is 9.31. The van der Waals surface area contributed by atoms with Crippen LogP contribution in [0.3, 0.4) is 0 Å². The van der Waals surface area contributed by atoms with Gasteiger partial charge in [0.1, 0.15) is 12.7 Å². The summed E-state index contributed by atoms with van der Waals surface area (Å²) in [5.74, 6) is -0.582. The summed E-state index contributed by atoms with van der Waals surface area (Å²) in [6.07, 6.45) is 0.420. The van der Waals surface area contributed by atoms with Gasteiger partial charge in [-0.2, -0.15) is 4.98 Å². The molecule has 1 aliphatic carbocycles. The van der Waals surface area contributed by atoms with Crippen LogP contribution in [0.25, 0.3) is 11.2 Å². The minimum atomic E-state index is -2.57. The van der Waals surface area contributed by atoms with Crippen LogP contribution >= 0.6 is 19.9 Å². The Morgan fingerprint density at radius 2 is 2.24 bits per heavy atom. The van der Waals surface area contributed by atoms with Crippen molar-refractivity contribution in [2.45, 2.75) is 31.1 Å². The van der Waals surface area contributed by atoms with Crippen LogP contribution in [-0.4, -0.2) is 49.0 Å². The second kappa shape index (κ2) is 10.3. The predicted molar refractivity (Wildman–Crippen MR) is 125 cm³/mol. The Morgan fingerprint density at radius 1 is 1.44 bits per heavy atom. The highest BCUT2D eigenvalue weighted by Crippen LogP contribution is 2.43. The number of hydrogen-bond donors (Lipinski definition) is 4. The molecule has 1 unspecified atom stereocenters. The van der Waals surface area contributed by atoms with Gasteiger partial charge in [-0.15, -0.1) is 9.05 Å². The number of fused-ring (bicyclic) bond motifs is 1. The van der Waals surface area contributed by atoms with Crippen LogP contribution in [-0.2, 0) is 13.6 Å². The second-order valence-electron chi connectivity index (χ2n) is 7.96. The first-order valence-electron chi connectivity index (χ1n) is 10.5. The van der Waals surface area contributed by atoms with E-state index in [1.165, 1.54) is 6.33 Å². The van der Waals surface area contributed by atoms with Crippen molar-refractivity contribution in [1.29, 1.82) is 0 Å². The van der Waals surface area contributed by atoms with E-state index < -0.39 is 38.0 Å². The van der Waals surface area contributed by atoms with Gasteiger partial charge in [-0.25, -0.2) is 4.98 Å². The highest BCUT2D eigenvalue weighted by molar-refractivity contribution is 7.33. The van der Waals surface area contributed by atoms with Crippen LogP contribution in [0.4, 0.5) is 5.95 Å². The molecule has 3 aromatic rings. The number of aromatic amines is 1. The number of halogens is 1. The fourth-order valence-corrected chi connectivity index (χ4v) is 5.08. The lowest BCUT2D eigenvalue weighted by atomic mass is 10.0. The van der Waals surface area contributed by atoms with Crippen molar-refractivity contribution in [2.24, 2.45) is 5.92 Å². The Bertz CT molecular complexity index is 1280. The van der Waals surface area contributed by atoms with Crippen LogP contribution in [0.2, 0.25) is 5.02 Å². The van der Waals surface area contributed by atoms with Gasteiger partial charge in [-0.1, -0.05) is 30.3 Å². The summed E-state index contributed by atoms with van der Waals surface area (Å²) in [5, 5.41) is 20.5. The molecule has 1 aliphatic rings. The highest BCUT2D eigenvalue weighted by Gasteiger charge is 2.41. The Morgan fingerprint density at radius 3 is 2.97 bits per heavy atom. The standard InChI is InChI=1S/C21H23ClN5O6P/c1-11-14(9-32-34(31)33-17(5-6-28)12-3-2-4-13(22)7-12)16(29)8-15(11)27-10-24-18-19(27)25-21(23)26-20(18)30/h2-4,7,10,14-17,28-29H,1,5-6,8-9H2,(H2-,23,25,26,30)/p+1/t14-,15-,16-,17+/m0/s1. The van der Waals surface area contributed by atoms with Gasteiger partial charge in [0.05, 0.1) is 18.5 Å². The molecule has 0 radical (unpaired) electrons. The van der Waals surface area contributed by atoms with E-state index in [0.29, 0.717) is 16.2 Å². The summed E-state index contributed by atoms with van der Waals surface area (Å²) in [7, 11) is -2.57. The van der Waals surface area contributed by atoms with Crippen LogP contribution in [0.1, 0.15) is 30.6 Å². The summed E-state index contributed by atoms with van der Waals surface area (Å²) in [6.45, 7) is 3.80. The number of rotatable bonds is 9.